The van der Waals surface area contributed by atoms with E-state index in [0.717, 1.165) is 12.1 Å². The number of phenolic OH excluding ortho intramolecular Hbond substituents is 3. The van der Waals surface area contributed by atoms with Crippen molar-refractivity contribution in [2.24, 2.45) is 0 Å². The summed E-state index contributed by atoms with van der Waals surface area (Å²) < 4.78 is 5.21. The van der Waals surface area contributed by atoms with Crippen LogP contribution in [0.4, 0.5) is 0 Å². The number of hydrogen-bond acceptors (Lipinski definition) is 6. The molecule has 1 heterocycles. The third kappa shape index (κ3) is 2.15. The lowest BCUT2D eigenvalue weighted by Gasteiger charge is -2.29. The van der Waals surface area contributed by atoms with Crippen LogP contribution in [0.15, 0.2) is 36.4 Å². The van der Waals surface area contributed by atoms with Crippen molar-refractivity contribution in [2.75, 3.05) is 0 Å². The Labute approximate surface area is 119 Å². The zero-order valence-electron chi connectivity index (χ0n) is 10.7. The number of rotatable bonds is 1. The van der Waals surface area contributed by atoms with Crippen LogP contribution in [0.2, 0.25) is 0 Å². The van der Waals surface area contributed by atoms with Crippen molar-refractivity contribution in [3.05, 3.63) is 47.5 Å². The molecule has 1 aliphatic rings. The van der Waals surface area contributed by atoms with E-state index in [1.165, 1.54) is 24.3 Å². The molecule has 0 saturated heterocycles. The van der Waals surface area contributed by atoms with Crippen LogP contribution in [0.1, 0.15) is 21.8 Å². The molecule has 0 aliphatic carbocycles. The largest absolute Gasteiger partial charge is 0.508 e. The minimum absolute atomic E-state index is 0.0330. The zero-order chi connectivity index (χ0) is 15.1. The van der Waals surface area contributed by atoms with Gasteiger partial charge < -0.3 is 25.2 Å². The summed E-state index contributed by atoms with van der Waals surface area (Å²) in [4.78, 5) is 12.5. The first-order valence-electron chi connectivity index (χ1n) is 6.21. The Morgan fingerprint density at radius 2 is 1.62 bits per heavy atom. The second kappa shape index (κ2) is 4.68. The van der Waals surface area contributed by atoms with Gasteiger partial charge in [-0.3, -0.25) is 4.79 Å². The summed E-state index contributed by atoms with van der Waals surface area (Å²) in [6, 6.07) is 7.96. The lowest BCUT2D eigenvalue weighted by Crippen LogP contribution is -2.35. The first kappa shape index (κ1) is 13.3. The standard InChI is InChI=1S/C15H12O6/c16-8-3-1-7(2-4-8)12-14(19)13-10(18)5-9(17)6-11(13)21-15(12)20/h1-6,12,15-18,20H/t12?,15-/m0/s1. The molecular formula is C15H12O6. The Hall–Kier alpha value is -2.73. The highest BCUT2D eigenvalue weighted by atomic mass is 16.6. The number of fused-ring (bicyclic) bond motifs is 1. The minimum Gasteiger partial charge on any atom is -0.508 e. The Balaban J connectivity index is 2.09. The van der Waals surface area contributed by atoms with E-state index < -0.39 is 23.7 Å². The fraction of sp³-hybridized carbons (Fsp3) is 0.133. The molecule has 0 radical (unpaired) electrons. The van der Waals surface area contributed by atoms with E-state index in [1.807, 2.05) is 0 Å². The summed E-state index contributed by atoms with van der Waals surface area (Å²) in [5.41, 5.74) is 0.361. The number of aliphatic hydroxyl groups is 1. The highest BCUT2D eigenvalue weighted by molar-refractivity contribution is 6.06. The molecule has 4 N–H and O–H groups in total. The van der Waals surface area contributed by atoms with Crippen LogP contribution in [0, 0.1) is 0 Å². The Bertz CT molecular complexity index is 707. The number of Topliss-reactive ketones (excluding diaryl/α,β-unsaturated/α-hetero) is 1. The van der Waals surface area contributed by atoms with Gasteiger partial charge in [0.2, 0.25) is 6.29 Å². The van der Waals surface area contributed by atoms with Gasteiger partial charge in [-0.2, -0.15) is 0 Å². The monoisotopic (exact) mass is 288 g/mol. The van der Waals surface area contributed by atoms with Gasteiger partial charge in [0.25, 0.3) is 0 Å². The van der Waals surface area contributed by atoms with Crippen LogP contribution in [-0.2, 0) is 0 Å². The number of carbonyl (C=O) groups excluding carboxylic acids is 1. The molecule has 6 nitrogen and oxygen atoms in total. The molecule has 2 atom stereocenters. The molecule has 21 heavy (non-hydrogen) atoms. The van der Waals surface area contributed by atoms with Crippen molar-refractivity contribution in [1.29, 1.82) is 0 Å². The SMILES string of the molecule is O=C1c2c(O)cc(O)cc2O[C@H](O)C1c1ccc(O)cc1. The van der Waals surface area contributed by atoms with Crippen molar-refractivity contribution in [2.45, 2.75) is 12.2 Å². The third-order valence-corrected chi connectivity index (χ3v) is 3.38. The second-order valence-corrected chi connectivity index (χ2v) is 4.78. The molecule has 0 saturated carbocycles. The van der Waals surface area contributed by atoms with Crippen LogP contribution in [0.25, 0.3) is 0 Å². The minimum atomic E-state index is -1.45. The molecule has 2 aromatic rings. The molecule has 6 heteroatoms. The molecule has 0 spiro atoms. The lowest BCUT2D eigenvalue weighted by atomic mass is 9.87. The highest BCUT2D eigenvalue weighted by Crippen LogP contribution is 2.42. The number of carbonyl (C=O) groups is 1. The number of ether oxygens (including phenoxy) is 1. The predicted molar refractivity (Wildman–Crippen MR) is 71.6 cm³/mol. The Morgan fingerprint density at radius 3 is 2.29 bits per heavy atom. The molecule has 0 amide bonds. The van der Waals surface area contributed by atoms with Gasteiger partial charge in [-0.1, -0.05) is 12.1 Å². The van der Waals surface area contributed by atoms with Crippen LogP contribution in [0.3, 0.4) is 0 Å². The maximum absolute atomic E-state index is 12.5. The van der Waals surface area contributed by atoms with Crippen molar-refractivity contribution in [1.82, 2.24) is 0 Å². The number of benzene rings is 2. The number of hydrogen-bond donors (Lipinski definition) is 4. The fourth-order valence-electron chi connectivity index (χ4n) is 2.41. The summed E-state index contributed by atoms with van der Waals surface area (Å²) in [6.07, 6.45) is -1.45. The summed E-state index contributed by atoms with van der Waals surface area (Å²) >= 11 is 0. The Morgan fingerprint density at radius 1 is 0.952 bits per heavy atom. The maximum atomic E-state index is 12.5. The molecule has 0 bridgehead atoms. The molecule has 108 valence electrons. The van der Waals surface area contributed by atoms with Crippen molar-refractivity contribution >= 4 is 5.78 Å². The molecule has 3 rings (SSSR count). The third-order valence-electron chi connectivity index (χ3n) is 3.38. The highest BCUT2D eigenvalue weighted by Gasteiger charge is 2.39. The average Bonchev–Trinajstić information content (AvgIpc) is 2.39. The van der Waals surface area contributed by atoms with E-state index in [9.17, 15) is 25.2 Å². The first-order chi connectivity index (χ1) is 9.97. The first-order valence-corrected chi connectivity index (χ1v) is 6.21. The molecular weight excluding hydrogens is 276 g/mol. The van der Waals surface area contributed by atoms with Crippen molar-refractivity contribution in [3.63, 3.8) is 0 Å². The van der Waals surface area contributed by atoms with E-state index in [-0.39, 0.29) is 22.8 Å². The number of aromatic hydroxyl groups is 3. The zero-order valence-corrected chi connectivity index (χ0v) is 10.7. The van der Waals surface area contributed by atoms with Crippen LogP contribution in [-0.4, -0.2) is 32.5 Å². The van der Waals surface area contributed by atoms with Crippen molar-refractivity contribution < 1.29 is 30.0 Å². The fourth-order valence-corrected chi connectivity index (χ4v) is 2.41. The van der Waals surface area contributed by atoms with Gasteiger partial charge >= 0.3 is 0 Å². The average molecular weight is 288 g/mol. The van der Waals surface area contributed by atoms with Crippen LogP contribution in [0.5, 0.6) is 23.0 Å². The normalized spacial score (nSPS) is 20.7. The smallest absolute Gasteiger partial charge is 0.211 e. The van der Waals surface area contributed by atoms with Gasteiger partial charge in [-0.15, -0.1) is 0 Å². The van der Waals surface area contributed by atoms with Gasteiger partial charge in [0.1, 0.15) is 34.5 Å². The van der Waals surface area contributed by atoms with E-state index >= 15 is 0 Å². The molecule has 1 aliphatic heterocycles. The van der Waals surface area contributed by atoms with Gasteiger partial charge in [-0.25, -0.2) is 0 Å². The second-order valence-electron chi connectivity index (χ2n) is 4.78. The van der Waals surface area contributed by atoms with E-state index in [2.05, 4.69) is 0 Å². The molecule has 1 unspecified atom stereocenters. The Kier molecular flexibility index (Phi) is 2.95. The maximum Gasteiger partial charge on any atom is 0.211 e. The number of ketones is 1. The van der Waals surface area contributed by atoms with E-state index in [1.54, 1.807) is 0 Å². The van der Waals surface area contributed by atoms with Crippen LogP contribution < -0.4 is 4.74 Å². The van der Waals surface area contributed by atoms with E-state index in [4.69, 9.17) is 4.74 Å². The summed E-state index contributed by atoms with van der Waals surface area (Å²) in [6.45, 7) is 0. The molecule has 0 fully saturated rings. The predicted octanol–water partition coefficient (Wildman–Crippen LogP) is 1.48. The van der Waals surface area contributed by atoms with Crippen LogP contribution >= 0.6 is 0 Å². The summed E-state index contributed by atoms with van der Waals surface area (Å²) in [5.74, 6) is -2.26. The van der Waals surface area contributed by atoms with E-state index in [0.29, 0.717) is 5.56 Å². The van der Waals surface area contributed by atoms with Crippen molar-refractivity contribution in [3.8, 4) is 23.0 Å². The lowest BCUT2D eigenvalue weighted by molar-refractivity contribution is -0.0389. The molecule has 2 aromatic carbocycles. The van der Waals surface area contributed by atoms with Gasteiger partial charge in [0.15, 0.2) is 5.78 Å². The summed E-state index contributed by atoms with van der Waals surface area (Å²) in [7, 11) is 0. The van der Waals surface area contributed by atoms with Gasteiger partial charge in [-0.05, 0) is 17.7 Å². The quantitative estimate of drug-likeness (QED) is 0.633. The topological polar surface area (TPSA) is 107 Å². The van der Waals surface area contributed by atoms with Gasteiger partial charge in [0.05, 0.1) is 0 Å². The number of aliphatic hydroxyl groups excluding tert-OH is 1. The number of phenols is 3. The van der Waals surface area contributed by atoms with Gasteiger partial charge in [0, 0.05) is 12.1 Å². The summed E-state index contributed by atoms with van der Waals surface area (Å²) in [5, 5.41) is 38.5. The molecule has 0 aromatic heterocycles.